The average Bonchev–Trinajstić information content (AvgIpc) is 3.05. The zero-order chi connectivity index (χ0) is 12.6. The van der Waals surface area contributed by atoms with Crippen LogP contribution in [0.4, 0.5) is 0 Å². The third-order valence-electron chi connectivity index (χ3n) is 3.58. The average molecular weight is 233 g/mol. The first-order chi connectivity index (χ1) is 7.93. The van der Waals surface area contributed by atoms with Gasteiger partial charge in [0.15, 0.2) is 0 Å². The molecule has 1 fully saturated rings. The Hall–Kier alpha value is -1.35. The second-order valence-electron chi connectivity index (χ2n) is 5.15. The number of aliphatic carboxylic acids is 1. The fourth-order valence-corrected chi connectivity index (χ4v) is 1.96. The molecule has 17 heavy (non-hydrogen) atoms. The Morgan fingerprint density at radius 1 is 1.35 bits per heavy atom. The molecule has 1 aromatic rings. The third kappa shape index (κ3) is 2.34. The number of aryl methyl sites for hydroxylation is 2. The number of carboxylic acids is 1. The van der Waals surface area contributed by atoms with Crippen molar-refractivity contribution in [2.45, 2.75) is 45.2 Å². The smallest absolute Gasteiger partial charge is 0.328 e. The van der Waals surface area contributed by atoms with E-state index in [0.29, 0.717) is 6.04 Å². The van der Waals surface area contributed by atoms with Gasteiger partial charge in [-0.25, -0.2) is 4.79 Å². The molecule has 0 aromatic heterocycles. The van der Waals surface area contributed by atoms with E-state index in [1.165, 1.54) is 5.56 Å². The van der Waals surface area contributed by atoms with Crippen molar-refractivity contribution >= 4 is 5.97 Å². The number of nitrogens with one attached hydrogen (secondary N) is 1. The highest BCUT2D eigenvalue weighted by Crippen LogP contribution is 2.29. The fraction of sp³-hybridized carbons (Fsp3) is 0.500. The summed E-state index contributed by atoms with van der Waals surface area (Å²) in [6, 6.07) is 6.23. The van der Waals surface area contributed by atoms with Gasteiger partial charge in [0.25, 0.3) is 0 Å². The highest BCUT2D eigenvalue weighted by molar-refractivity contribution is 5.80. The Morgan fingerprint density at radius 2 is 2.00 bits per heavy atom. The van der Waals surface area contributed by atoms with Gasteiger partial charge in [0.05, 0.1) is 0 Å². The van der Waals surface area contributed by atoms with Crippen LogP contribution in [0.5, 0.6) is 0 Å². The molecule has 3 nitrogen and oxygen atoms in total. The molecule has 2 rings (SSSR count). The van der Waals surface area contributed by atoms with Gasteiger partial charge < -0.3 is 5.11 Å². The Morgan fingerprint density at radius 3 is 2.47 bits per heavy atom. The van der Waals surface area contributed by atoms with E-state index in [1.54, 1.807) is 6.92 Å². The van der Waals surface area contributed by atoms with Crippen molar-refractivity contribution in [1.82, 2.24) is 5.32 Å². The molecule has 1 aliphatic rings. The molecular formula is C14H19NO2. The van der Waals surface area contributed by atoms with Crippen LogP contribution in [0.25, 0.3) is 0 Å². The van der Waals surface area contributed by atoms with E-state index in [1.807, 2.05) is 32.0 Å². The number of rotatable bonds is 4. The summed E-state index contributed by atoms with van der Waals surface area (Å²) in [6.07, 6.45) is 2.15. The maximum absolute atomic E-state index is 11.5. The molecule has 3 heteroatoms. The fourth-order valence-electron chi connectivity index (χ4n) is 1.96. The highest BCUT2D eigenvalue weighted by Gasteiger charge is 2.40. The van der Waals surface area contributed by atoms with E-state index in [2.05, 4.69) is 5.32 Å². The molecule has 0 radical (unpaired) electrons. The van der Waals surface area contributed by atoms with Crippen molar-refractivity contribution in [3.63, 3.8) is 0 Å². The maximum atomic E-state index is 11.5. The lowest BCUT2D eigenvalue weighted by Gasteiger charge is -2.27. The van der Waals surface area contributed by atoms with Gasteiger partial charge in [-0.1, -0.05) is 18.2 Å². The van der Waals surface area contributed by atoms with Gasteiger partial charge in [-0.3, -0.25) is 5.32 Å². The van der Waals surface area contributed by atoms with Gasteiger partial charge in [-0.05, 0) is 50.3 Å². The minimum atomic E-state index is -0.973. The van der Waals surface area contributed by atoms with E-state index < -0.39 is 11.5 Å². The first kappa shape index (κ1) is 12.1. The highest BCUT2D eigenvalue weighted by atomic mass is 16.4. The molecule has 1 unspecified atom stereocenters. The van der Waals surface area contributed by atoms with Crippen LogP contribution in [0.15, 0.2) is 18.2 Å². The number of carbonyl (C=O) groups is 1. The van der Waals surface area contributed by atoms with Crippen LogP contribution in [0.1, 0.15) is 36.5 Å². The molecule has 0 spiro atoms. The van der Waals surface area contributed by atoms with Crippen LogP contribution in [-0.4, -0.2) is 17.1 Å². The van der Waals surface area contributed by atoms with Crippen LogP contribution < -0.4 is 5.32 Å². The summed E-state index contributed by atoms with van der Waals surface area (Å²) in [5.74, 6) is -0.812. The lowest BCUT2D eigenvalue weighted by Crippen LogP contribution is -2.47. The summed E-state index contributed by atoms with van der Waals surface area (Å²) < 4.78 is 0. The zero-order valence-corrected chi connectivity index (χ0v) is 10.6. The van der Waals surface area contributed by atoms with Gasteiger partial charge in [0, 0.05) is 6.04 Å². The van der Waals surface area contributed by atoms with E-state index in [4.69, 9.17) is 0 Å². The second kappa shape index (κ2) is 4.15. The summed E-state index contributed by atoms with van der Waals surface area (Å²) >= 11 is 0. The van der Waals surface area contributed by atoms with E-state index in [-0.39, 0.29) is 0 Å². The van der Waals surface area contributed by atoms with Crippen molar-refractivity contribution in [2.75, 3.05) is 0 Å². The molecular weight excluding hydrogens is 214 g/mol. The predicted octanol–water partition coefficient (Wildman–Crippen LogP) is 2.36. The molecule has 0 aliphatic heterocycles. The normalized spacial score (nSPS) is 18.8. The van der Waals surface area contributed by atoms with Crippen molar-refractivity contribution in [3.8, 4) is 0 Å². The second-order valence-corrected chi connectivity index (χ2v) is 5.15. The summed E-state index contributed by atoms with van der Waals surface area (Å²) in [7, 11) is 0. The van der Waals surface area contributed by atoms with Gasteiger partial charge in [0.2, 0.25) is 0 Å². The van der Waals surface area contributed by atoms with E-state index in [9.17, 15) is 9.90 Å². The summed E-state index contributed by atoms with van der Waals surface area (Å²) in [5.41, 5.74) is 2.18. The molecule has 1 atom stereocenters. The Bertz CT molecular complexity index is 452. The van der Waals surface area contributed by atoms with Crippen LogP contribution in [-0.2, 0) is 10.3 Å². The maximum Gasteiger partial charge on any atom is 0.328 e. The largest absolute Gasteiger partial charge is 0.480 e. The van der Waals surface area contributed by atoms with Crippen molar-refractivity contribution in [1.29, 1.82) is 0 Å². The van der Waals surface area contributed by atoms with Crippen LogP contribution in [0, 0.1) is 13.8 Å². The van der Waals surface area contributed by atoms with E-state index in [0.717, 1.165) is 24.0 Å². The van der Waals surface area contributed by atoms with Crippen molar-refractivity contribution in [3.05, 3.63) is 34.9 Å². The first-order valence-corrected chi connectivity index (χ1v) is 6.02. The van der Waals surface area contributed by atoms with Crippen molar-refractivity contribution < 1.29 is 9.90 Å². The summed E-state index contributed by atoms with van der Waals surface area (Å²) in [4.78, 5) is 11.5. The minimum absolute atomic E-state index is 0.359. The standard InChI is InChI=1S/C14H19NO2/c1-9-4-5-11(8-10(9)2)14(3,13(16)17)15-12-6-7-12/h4-5,8,12,15H,6-7H2,1-3H3,(H,16,17). The number of carboxylic acid groups (broad SMARTS) is 1. The molecule has 0 heterocycles. The lowest BCUT2D eigenvalue weighted by molar-refractivity contribution is -0.144. The SMILES string of the molecule is Cc1ccc(C(C)(NC2CC2)C(=O)O)cc1C. The molecule has 1 aliphatic carbocycles. The molecule has 1 aromatic carbocycles. The third-order valence-corrected chi connectivity index (χ3v) is 3.58. The molecule has 0 bridgehead atoms. The number of hydrogen-bond donors (Lipinski definition) is 2. The lowest BCUT2D eigenvalue weighted by atomic mass is 9.89. The number of benzene rings is 1. The molecule has 2 N–H and O–H groups in total. The van der Waals surface area contributed by atoms with Crippen LogP contribution in [0.2, 0.25) is 0 Å². The van der Waals surface area contributed by atoms with Gasteiger partial charge in [-0.15, -0.1) is 0 Å². The zero-order valence-electron chi connectivity index (χ0n) is 10.6. The molecule has 0 saturated heterocycles. The van der Waals surface area contributed by atoms with Gasteiger partial charge in [0.1, 0.15) is 5.54 Å². The summed E-state index contributed by atoms with van der Waals surface area (Å²) in [6.45, 7) is 5.79. The topological polar surface area (TPSA) is 49.3 Å². The minimum Gasteiger partial charge on any atom is -0.480 e. The van der Waals surface area contributed by atoms with Crippen molar-refractivity contribution in [2.24, 2.45) is 0 Å². The Balaban J connectivity index is 2.36. The molecule has 1 saturated carbocycles. The van der Waals surface area contributed by atoms with E-state index >= 15 is 0 Å². The van der Waals surface area contributed by atoms with Crippen LogP contribution in [0.3, 0.4) is 0 Å². The Labute approximate surface area is 102 Å². The predicted molar refractivity (Wildman–Crippen MR) is 67.1 cm³/mol. The number of hydrogen-bond acceptors (Lipinski definition) is 2. The first-order valence-electron chi connectivity index (χ1n) is 6.02. The van der Waals surface area contributed by atoms with Crippen LogP contribution >= 0.6 is 0 Å². The monoisotopic (exact) mass is 233 g/mol. The van der Waals surface area contributed by atoms with Gasteiger partial charge >= 0.3 is 5.97 Å². The summed E-state index contributed by atoms with van der Waals surface area (Å²) in [5, 5.41) is 12.7. The van der Waals surface area contributed by atoms with Gasteiger partial charge in [-0.2, -0.15) is 0 Å². The molecule has 92 valence electrons. The molecule has 0 amide bonds. The quantitative estimate of drug-likeness (QED) is 0.839. The Kier molecular flexibility index (Phi) is 2.96.